The van der Waals surface area contributed by atoms with Gasteiger partial charge in [-0.3, -0.25) is 19.0 Å². The number of allylic oxidation sites excluding steroid dienone is 1. The molecule has 3 aromatic carbocycles. The van der Waals surface area contributed by atoms with Gasteiger partial charge in [-0.25, -0.2) is 8.42 Å². The fourth-order valence-electron chi connectivity index (χ4n) is 7.80. The number of carbonyl (C=O) groups is 3. The Kier molecular flexibility index (Phi) is 11.0. The number of para-hydroxylation sites is 2. The average Bonchev–Trinajstić information content (AvgIpc) is 3.75. The van der Waals surface area contributed by atoms with Crippen LogP contribution in [0, 0.1) is 0 Å². The van der Waals surface area contributed by atoms with E-state index in [-0.39, 0.29) is 54.5 Å². The van der Waals surface area contributed by atoms with Gasteiger partial charge in [-0.15, -0.1) is 0 Å². The molecule has 3 aliphatic heterocycles. The fraction of sp³-hybridized carbons (Fsp3) is 0.375. The standard InChI is InChI=1S/C40H45N5O9S/c1-28(47)44-26-34(33-10-6-7-11-35(33)44)29-24-36(38(48)42-18-16-40(17-19-42)39(49)41-27-45(40)30-8-4-3-5-9-30)54-37(25-29)53-23-21-43(20-22-46)55(50,51)32-14-12-31(52-2)13-15-32/h3-15,24,26,29,37,46H,16-23,25,27H2,1-2H3,(H,41,49)/t29-,37+/m0/s1. The molecule has 1 spiro atoms. The maximum absolute atomic E-state index is 14.3. The van der Waals surface area contributed by atoms with Gasteiger partial charge in [0.15, 0.2) is 5.76 Å². The number of hydrogen-bond donors (Lipinski definition) is 2. The zero-order chi connectivity index (χ0) is 38.7. The molecule has 0 radical (unpaired) electrons. The van der Waals surface area contributed by atoms with E-state index in [1.54, 1.807) is 33.9 Å². The lowest BCUT2D eigenvalue weighted by Gasteiger charge is -2.43. The first-order valence-corrected chi connectivity index (χ1v) is 19.8. The van der Waals surface area contributed by atoms with Gasteiger partial charge in [0.1, 0.15) is 11.3 Å². The average molecular weight is 772 g/mol. The van der Waals surface area contributed by atoms with Gasteiger partial charge in [0, 0.05) is 62.7 Å². The van der Waals surface area contributed by atoms with Gasteiger partial charge in [-0.2, -0.15) is 4.31 Å². The monoisotopic (exact) mass is 771 g/mol. The van der Waals surface area contributed by atoms with E-state index in [2.05, 4.69) is 10.2 Å². The molecule has 4 heterocycles. The van der Waals surface area contributed by atoms with Crippen molar-refractivity contribution in [3.63, 3.8) is 0 Å². The van der Waals surface area contributed by atoms with Crippen LogP contribution in [0.4, 0.5) is 5.69 Å². The van der Waals surface area contributed by atoms with Gasteiger partial charge in [-0.05, 0) is 66.9 Å². The SMILES string of the molecule is COc1ccc(S(=O)(=O)N(CCO)CCO[C@H]2C[C@@H](c3cn(C(C)=O)c4ccccc34)C=C(C(=O)N3CCC4(CC3)C(=O)NCN4c3ccccc3)O2)cc1. The molecule has 4 aromatic rings. The maximum Gasteiger partial charge on any atom is 0.288 e. The number of aliphatic hydroxyl groups is 1. The number of nitrogens with zero attached hydrogens (tertiary/aromatic N) is 4. The van der Waals surface area contributed by atoms with Crippen molar-refractivity contribution in [2.75, 3.05) is 58.1 Å². The lowest BCUT2D eigenvalue weighted by atomic mass is 9.85. The molecule has 2 saturated heterocycles. The zero-order valence-electron chi connectivity index (χ0n) is 30.8. The van der Waals surface area contributed by atoms with Crippen LogP contribution in [0.3, 0.4) is 0 Å². The third-order valence-corrected chi connectivity index (χ3v) is 12.6. The fourth-order valence-corrected chi connectivity index (χ4v) is 9.22. The molecule has 2 fully saturated rings. The number of aliphatic hydroxyl groups excluding tert-OH is 1. The van der Waals surface area contributed by atoms with Gasteiger partial charge in [0.05, 0.1) is 37.4 Å². The molecule has 3 aliphatic rings. The first-order chi connectivity index (χ1) is 26.6. The highest BCUT2D eigenvalue weighted by Gasteiger charge is 2.51. The number of carbonyl (C=O) groups excluding carboxylic acids is 3. The van der Waals surface area contributed by atoms with Gasteiger partial charge >= 0.3 is 0 Å². The van der Waals surface area contributed by atoms with Crippen LogP contribution in [0.5, 0.6) is 5.75 Å². The Morgan fingerprint density at radius 2 is 1.71 bits per heavy atom. The molecule has 0 aliphatic carbocycles. The van der Waals surface area contributed by atoms with Crippen LogP contribution in [-0.2, 0) is 29.1 Å². The number of rotatable bonds is 12. The van der Waals surface area contributed by atoms with E-state index < -0.39 is 34.4 Å². The molecule has 2 atom stereocenters. The van der Waals surface area contributed by atoms with E-state index >= 15 is 0 Å². The molecule has 0 unspecified atom stereocenters. The first kappa shape index (κ1) is 38.1. The maximum atomic E-state index is 14.3. The number of aromatic nitrogens is 1. The molecular formula is C40H45N5O9S. The predicted molar refractivity (Wildman–Crippen MR) is 204 cm³/mol. The third-order valence-electron chi connectivity index (χ3n) is 10.7. The van der Waals surface area contributed by atoms with Gasteiger partial charge in [0.25, 0.3) is 5.91 Å². The van der Waals surface area contributed by atoms with Crippen LogP contribution in [0.1, 0.15) is 42.5 Å². The second kappa shape index (κ2) is 15.9. The summed E-state index contributed by atoms with van der Waals surface area (Å²) in [5, 5.41) is 13.6. The van der Waals surface area contributed by atoms with Crippen molar-refractivity contribution in [1.29, 1.82) is 0 Å². The molecule has 0 bridgehead atoms. The van der Waals surface area contributed by atoms with Crippen molar-refractivity contribution in [3.05, 3.63) is 102 Å². The number of anilines is 1. The number of fused-ring (bicyclic) bond motifs is 1. The summed E-state index contributed by atoms with van der Waals surface area (Å²) in [4.78, 5) is 44.0. The zero-order valence-corrected chi connectivity index (χ0v) is 31.6. The number of benzene rings is 3. The molecule has 15 heteroatoms. The number of sulfonamides is 1. The van der Waals surface area contributed by atoms with Crippen molar-refractivity contribution in [3.8, 4) is 5.75 Å². The lowest BCUT2D eigenvalue weighted by Crippen LogP contribution is -2.57. The summed E-state index contributed by atoms with van der Waals surface area (Å²) in [5.74, 6) is -0.386. The van der Waals surface area contributed by atoms with Crippen molar-refractivity contribution >= 4 is 44.3 Å². The summed E-state index contributed by atoms with van der Waals surface area (Å²) in [6, 6.07) is 23.3. The van der Waals surface area contributed by atoms with Crippen LogP contribution in [0.15, 0.2) is 102 Å². The molecule has 55 heavy (non-hydrogen) atoms. The Morgan fingerprint density at radius 1 is 1.00 bits per heavy atom. The molecule has 7 rings (SSSR count). The highest BCUT2D eigenvalue weighted by molar-refractivity contribution is 7.89. The van der Waals surface area contributed by atoms with E-state index in [0.29, 0.717) is 38.3 Å². The van der Waals surface area contributed by atoms with E-state index in [4.69, 9.17) is 14.2 Å². The van der Waals surface area contributed by atoms with E-state index in [9.17, 15) is 27.9 Å². The van der Waals surface area contributed by atoms with E-state index in [1.165, 1.54) is 26.2 Å². The van der Waals surface area contributed by atoms with Crippen molar-refractivity contribution in [1.82, 2.24) is 19.1 Å². The smallest absolute Gasteiger partial charge is 0.288 e. The summed E-state index contributed by atoms with van der Waals surface area (Å²) in [5.41, 5.74) is 1.70. The van der Waals surface area contributed by atoms with Gasteiger partial charge in [0.2, 0.25) is 28.1 Å². The van der Waals surface area contributed by atoms with E-state index in [0.717, 1.165) is 26.5 Å². The summed E-state index contributed by atoms with van der Waals surface area (Å²) < 4.78 is 47.4. The van der Waals surface area contributed by atoms with Crippen LogP contribution in [0.25, 0.3) is 10.9 Å². The van der Waals surface area contributed by atoms with Crippen LogP contribution in [-0.4, -0.2) is 110 Å². The molecule has 1 aromatic heterocycles. The lowest BCUT2D eigenvalue weighted by molar-refractivity contribution is -0.154. The van der Waals surface area contributed by atoms with Crippen molar-refractivity contribution in [2.24, 2.45) is 0 Å². The van der Waals surface area contributed by atoms with Gasteiger partial charge < -0.3 is 34.4 Å². The number of methoxy groups -OCH3 is 1. The molecule has 14 nitrogen and oxygen atoms in total. The minimum atomic E-state index is -3.99. The molecule has 0 saturated carbocycles. The third kappa shape index (κ3) is 7.44. The van der Waals surface area contributed by atoms with Gasteiger partial charge in [-0.1, -0.05) is 36.4 Å². The second-order valence-corrected chi connectivity index (χ2v) is 15.8. The molecular weight excluding hydrogens is 727 g/mol. The Balaban J connectivity index is 1.12. The summed E-state index contributed by atoms with van der Waals surface area (Å²) >= 11 is 0. The Hall–Kier alpha value is -5.22. The van der Waals surface area contributed by atoms with Crippen LogP contribution < -0.4 is 15.0 Å². The summed E-state index contributed by atoms with van der Waals surface area (Å²) in [6.07, 6.45) is 3.73. The molecule has 290 valence electrons. The van der Waals surface area contributed by atoms with Crippen molar-refractivity contribution < 1.29 is 42.1 Å². The first-order valence-electron chi connectivity index (χ1n) is 18.3. The Labute approximate surface area is 319 Å². The Bertz CT molecular complexity index is 2180. The summed E-state index contributed by atoms with van der Waals surface area (Å²) in [6.45, 7) is 1.75. The second-order valence-electron chi connectivity index (χ2n) is 13.8. The number of piperidine rings is 1. The highest BCUT2D eigenvalue weighted by atomic mass is 32.2. The number of likely N-dealkylation sites (tertiary alicyclic amines) is 1. The predicted octanol–water partition coefficient (Wildman–Crippen LogP) is 3.68. The van der Waals surface area contributed by atoms with Crippen molar-refractivity contribution in [2.45, 2.75) is 48.8 Å². The summed E-state index contributed by atoms with van der Waals surface area (Å²) in [7, 11) is -2.50. The normalized spacial score (nSPS) is 19.7. The number of ether oxygens (including phenoxy) is 3. The quantitative estimate of drug-likeness (QED) is 0.218. The largest absolute Gasteiger partial charge is 0.497 e. The number of nitrogens with one attached hydrogen (secondary N) is 1. The Morgan fingerprint density at radius 3 is 2.40 bits per heavy atom. The number of amides is 2. The minimum Gasteiger partial charge on any atom is -0.497 e. The molecule has 2 N–H and O–H groups in total. The molecule has 2 amide bonds. The van der Waals surface area contributed by atoms with Crippen LogP contribution >= 0.6 is 0 Å². The topological polar surface area (TPSA) is 160 Å². The van der Waals surface area contributed by atoms with Crippen LogP contribution in [0.2, 0.25) is 0 Å². The minimum absolute atomic E-state index is 0.0405. The highest BCUT2D eigenvalue weighted by Crippen LogP contribution is 2.39. The van der Waals surface area contributed by atoms with E-state index in [1.807, 2.05) is 54.6 Å². The number of hydrogen-bond acceptors (Lipinski definition) is 10.